The highest BCUT2D eigenvalue weighted by molar-refractivity contribution is 7.09. The van der Waals surface area contributed by atoms with Gasteiger partial charge in [-0.25, -0.2) is 4.98 Å². The molecule has 0 aliphatic carbocycles. The van der Waals surface area contributed by atoms with Crippen LogP contribution in [-0.2, 0) is 11.2 Å². The van der Waals surface area contributed by atoms with E-state index in [1.54, 1.807) is 7.11 Å². The quantitative estimate of drug-likeness (QED) is 0.502. The first-order valence-corrected chi connectivity index (χ1v) is 11.8. The smallest absolute Gasteiger partial charge is 0.205 e. The number of piperazine rings is 1. The molecule has 0 atom stereocenters. The third-order valence-corrected chi connectivity index (χ3v) is 6.59. The Morgan fingerprint density at radius 2 is 1.93 bits per heavy atom. The Kier molecular flexibility index (Phi) is 8.94. The van der Waals surface area contributed by atoms with E-state index in [4.69, 9.17) is 9.73 Å². The molecule has 9 heteroatoms. The molecule has 1 N–H and O–H groups in total. The summed E-state index contributed by atoms with van der Waals surface area (Å²) >= 11 is 1.52. The van der Waals surface area contributed by atoms with Crippen molar-refractivity contribution in [3.8, 4) is 0 Å². The van der Waals surface area contributed by atoms with Gasteiger partial charge in [-0.1, -0.05) is 6.92 Å². The fraction of sp³-hybridized carbons (Fsp3) is 0.850. The lowest BCUT2D eigenvalue weighted by Gasteiger charge is -2.36. The van der Waals surface area contributed by atoms with Gasteiger partial charge < -0.3 is 24.8 Å². The molecule has 8 nitrogen and oxygen atoms in total. The number of nitrogens with one attached hydrogen (secondary N) is 1. The minimum Gasteiger partial charge on any atom is -0.383 e. The summed E-state index contributed by atoms with van der Waals surface area (Å²) in [5, 5.41) is 4.56. The summed E-state index contributed by atoms with van der Waals surface area (Å²) < 4.78 is 9.62. The monoisotopic (exact) mass is 423 g/mol. The standard InChI is InChI=1S/C20H37N7OS/c1-4-18-23-20(29-24-18)27-12-10-26(11-13-27)19(21-5-2)22-16-17-6-8-25(9-7-17)14-15-28-3/h17H,4-16H2,1-3H3,(H,21,22). The molecule has 1 aromatic rings. The number of guanidine groups is 1. The molecule has 2 aliphatic rings. The van der Waals surface area contributed by atoms with Crippen LogP contribution in [-0.4, -0.2) is 97.7 Å². The molecular weight excluding hydrogens is 386 g/mol. The van der Waals surface area contributed by atoms with E-state index in [9.17, 15) is 0 Å². The molecule has 2 fully saturated rings. The zero-order valence-corrected chi connectivity index (χ0v) is 19.1. The lowest BCUT2D eigenvalue weighted by Crippen LogP contribution is -2.52. The molecule has 2 aliphatic heterocycles. The Labute approximate surface area is 179 Å². The lowest BCUT2D eigenvalue weighted by atomic mass is 9.97. The van der Waals surface area contributed by atoms with Crippen LogP contribution < -0.4 is 10.2 Å². The summed E-state index contributed by atoms with van der Waals surface area (Å²) in [4.78, 5) is 16.9. The van der Waals surface area contributed by atoms with E-state index in [-0.39, 0.29) is 0 Å². The van der Waals surface area contributed by atoms with Crippen LogP contribution in [0.15, 0.2) is 4.99 Å². The van der Waals surface area contributed by atoms with Crippen LogP contribution in [0.3, 0.4) is 0 Å². The molecule has 0 saturated carbocycles. The number of nitrogens with zero attached hydrogens (tertiary/aromatic N) is 6. The number of anilines is 1. The molecule has 0 aromatic carbocycles. The molecule has 164 valence electrons. The summed E-state index contributed by atoms with van der Waals surface area (Å²) in [5.74, 6) is 2.72. The van der Waals surface area contributed by atoms with Gasteiger partial charge in [-0.05, 0) is 38.8 Å². The predicted octanol–water partition coefficient (Wildman–Crippen LogP) is 1.55. The molecule has 0 unspecified atom stereocenters. The molecular formula is C20H37N7OS. The van der Waals surface area contributed by atoms with E-state index in [1.165, 1.54) is 37.5 Å². The molecule has 29 heavy (non-hydrogen) atoms. The van der Waals surface area contributed by atoms with Gasteiger partial charge in [0.2, 0.25) is 5.13 Å². The van der Waals surface area contributed by atoms with Crippen molar-refractivity contribution in [3.63, 3.8) is 0 Å². The van der Waals surface area contributed by atoms with Crippen LogP contribution in [0.2, 0.25) is 0 Å². The molecule has 0 radical (unpaired) electrons. The number of aliphatic imine (C=N–C) groups is 1. The highest BCUT2D eigenvalue weighted by atomic mass is 32.1. The van der Waals surface area contributed by atoms with E-state index >= 15 is 0 Å². The molecule has 1 aromatic heterocycles. The van der Waals surface area contributed by atoms with Gasteiger partial charge in [0.05, 0.1) is 6.61 Å². The first kappa shape index (κ1) is 22.2. The number of aromatic nitrogens is 2. The zero-order chi connectivity index (χ0) is 20.5. The van der Waals surface area contributed by atoms with Crippen molar-refractivity contribution in [1.29, 1.82) is 0 Å². The first-order valence-electron chi connectivity index (χ1n) is 11.1. The number of hydrogen-bond acceptors (Lipinski definition) is 7. The maximum atomic E-state index is 5.20. The van der Waals surface area contributed by atoms with Gasteiger partial charge in [-0.15, -0.1) is 0 Å². The average molecular weight is 424 g/mol. The first-order chi connectivity index (χ1) is 14.2. The molecule has 0 bridgehead atoms. The minimum atomic E-state index is 0.692. The van der Waals surface area contributed by atoms with Crippen molar-refractivity contribution in [2.24, 2.45) is 10.9 Å². The van der Waals surface area contributed by atoms with E-state index in [1.807, 2.05) is 0 Å². The van der Waals surface area contributed by atoms with Crippen LogP contribution in [0.4, 0.5) is 5.13 Å². The normalized spacial score (nSPS) is 19.8. The van der Waals surface area contributed by atoms with E-state index in [0.717, 1.165) is 75.8 Å². The third-order valence-electron chi connectivity index (χ3n) is 5.78. The molecule has 3 rings (SSSR count). The highest BCUT2D eigenvalue weighted by Gasteiger charge is 2.23. The van der Waals surface area contributed by atoms with Crippen molar-refractivity contribution in [2.45, 2.75) is 33.1 Å². The molecule has 0 spiro atoms. The van der Waals surface area contributed by atoms with Crippen molar-refractivity contribution < 1.29 is 4.74 Å². The van der Waals surface area contributed by atoms with Gasteiger partial charge in [-0.3, -0.25) is 4.99 Å². The van der Waals surface area contributed by atoms with Crippen LogP contribution >= 0.6 is 11.5 Å². The Balaban J connectivity index is 1.47. The Hall–Kier alpha value is -1.45. The third kappa shape index (κ3) is 6.52. The summed E-state index contributed by atoms with van der Waals surface area (Å²) in [6.07, 6.45) is 3.37. The SMILES string of the molecule is CCNC(=NCC1CCN(CCOC)CC1)N1CCN(c2nc(CC)ns2)CC1. The number of ether oxygens (including phenoxy) is 1. The predicted molar refractivity (Wildman–Crippen MR) is 120 cm³/mol. The number of methoxy groups -OCH3 is 1. The Morgan fingerprint density at radius 3 is 2.55 bits per heavy atom. The van der Waals surface area contributed by atoms with Gasteiger partial charge in [0.15, 0.2) is 5.96 Å². The van der Waals surface area contributed by atoms with Gasteiger partial charge in [-0.2, -0.15) is 4.37 Å². The van der Waals surface area contributed by atoms with Crippen LogP contribution in [0, 0.1) is 5.92 Å². The fourth-order valence-corrected chi connectivity index (χ4v) is 4.68. The lowest BCUT2D eigenvalue weighted by molar-refractivity contribution is 0.121. The van der Waals surface area contributed by atoms with Crippen LogP contribution in [0.5, 0.6) is 0 Å². The second-order valence-electron chi connectivity index (χ2n) is 7.79. The highest BCUT2D eigenvalue weighted by Crippen LogP contribution is 2.20. The topological polar surface area (TPSA) is 69.1 Å². The van der Waals surface area contributed by atoms with Gasteiger partial charge in [0.1, 0.15) is 5.82 Å². The number of hydrogen-bond donors (Lipinski definition) is 1. The summed E-state index contributed by atoms with van der Waals surface area (Å²) in [6, 6.07) is 0. The number of rotatable bonds is 8. The maximum absolute atomic E-state index is 5.20. The number of aryl methyl sites for hydroxylation is 1. The van der Waals surface area contributed by atoms with E-state index in [0.29, 0.717) is 5.92 Å². The van der Waals surface area contributed by atoms with Crippen molar-refractivity contribution >= 4 is 22.6 Å². The largest absolute Gasteiger partial charge is 0.383 e. The Morgan fingerprint density at radius 1 is 1.17 bits per heavy atom. The molecule has 0 amide bonds. The van der Waals surface area contributed by atoms with Crippen LogP contribution in [0.25, 0.3) is 0 Å². The second-order valence-corrected chi connectivity index (χ2v) is 8.52. The van der Waals surface area contributed by atoms with Gasteiger partial charge in [0.25, 0.3) is 0 Å². The van der Waals surface area contributed by atoms with Gasteiger partial charge >= 0.3 is 0 Å². The fourth-order valence-electron chi connectivity index (χ4n) is 3.88. The summed E-state index contributed by atoms with van der Waals surface area (Å²) in [7, 11) is 1.78. The Bertz CT molecular complexity index is 622. The van der Waals surface area contributed by atoms with E-state index < -0.39 is 0 Å². The van der Waals surface area contributed by atoms with Gasteiger partial charge in [0, 0.05) is 70.9 Å². The number of piperidine rings is 1. The minimum absolute atomic E-state index is 0.692. The second kappa shape index (κ2) is 11.7. The van der Waals surface area contributed by atoms with Crippen LogP contribution in [0.1, 0.15) is 32.5 Å². The molecule has 2 saturated heterocycles. The van der Waals surface area contributed by atoms with Crippen molar-refractivity contribution in [3.05, 3.63) is 5.82 Å². The van der Waals surface area contributed by atoms with Crippen molar-refractivity contribution in [1.82, 2.24) is 24.5 Å². The number of likely N-dealkylation sites (tertiary alicyclic amines) is 1. The zero-order valence-electron chi connectivity index (χ0n) is 18.3. The maximum Gasteiger partial charge on any atom is 0.205 e. The van der Waals surface area contributed by atoms with E-state index in [2.05, 4.69) is 43.2 Å². The average Bonchev–Trinajstić information content (AvgIpc) is 3.25. The molecule has 3 heterocycles. The summed E-state index contributed by atoms with van der Waals surface area (Å²) in [6.45, 7) is 14.2. The summed E-state index contributed by atoms with van der Waals surface area (Å²) in [5.41, 5.74) is 0. The van der Waals surface area contributed by atoms with Crippen molar-refractivity contribution in [2.75, 3.05) is 77.5 Å².